The molecule has 1 saturated carbocycles. The molecule has 100 valence electrons. The molecule has 2 unspecified atom stereocenters. The lowest BCUT2D eigenvalue weighted by Gasteiger charge is -2.27. The lowest BCUT2D eigenvalue weighted by molar-refractivity contribution is 0.0785. The van der Waals surface area contributed by atoms with Gasteiger partial charge >= 0.3 is 0 Å². The van der Waals surface area contributed by atoms with E-state index in [2.05, 4.69) is 19.2 Å². The first-order valence-corrected chi connectivity index (χ1v) is 7.60. The van der Waals surface area contributed by atoms with Crippen LogP contribution in [0.5, 0.6) is 0 Å². The van der Waals surface area contributed by atoms with E-state index in [-0.39, 0.29) is 0 Å². The van der Waals surface area contributed by atoms with Crippen molar-refractivity contribution in [1.29, 1.82) is 0 Å². The Balaban J connectivity index is 1.81. The Morgan fingerprint density at radius 1 is 1.12 bits per heavy atom. The molecule has 2 nitrogen and oxygen atoms in total. The highest BCUT2D eigenvalue weighted by Crippen LogP contribution is 2.35. The normalized spacial score (nSPS) is 28.1. The number of hydrogen-bond donors (Lipinski definition) is 1. The topological polar surface area (TPSA) is 21.3 Å². The smallest absolute Gasteiger partial charge is 0.0579 e. The van der Waals surface area contributed by atoms with Gasteiger partial charge in [0.05, 0.1) is 6.10 Å². The summed E-state index contributed by atoms with van der Waals surface area (Å²) >= 11 is 0. The average molecular weight is 239 g/mol. The number of nitrogens with one attached hydrogen (secondary N) is 1. The zero-order valence-electron chi connectivity index (χ0n) is 11.6. The fourth-order valence-corrected chi connectivity index (χ4v) is 3.43. The van der Waals surface area contributed by atoms with E-state index >= 15 is 0 Å². The highest BCUT2D eigenvalue weighted by molar-refractivity contribution is 4.81. The van der Waals surface area contributed by atoms with Crippen LogP contribution in [-0.4, -0.2) is 25.3 Å². The maximum absolute atomic E-state index is 5.82. The molecular weight excluding hydrogens is 210 g/mol. The molecule has 2 atom stereocenters. The Bertz CT molecular complexity index is 205. The molecule has 17 heavy (non-hydrogen) atoms. The van der Waals surface area contributed by atoms with Crippen LogP contribution in [0.3, 0.4) is 0 Å². The van der Waals surface area contributed by atoms with Crippen LogP contribution in [0.1, 0.15) is 58.8 Å². The predicted molar refractivity (Wildman–Crippen MR) is 72.2 cm³/mol. The Hall–Kier alpha value is -0.0800. The highest BCUT2D eigenvalue weighted by atomic mass is 16.5. The van der Waals surface area contributed by atoms with Gasteiger partial charge in [-0.15, -0.1) is 0 Å². The van der Waals surface area contributed by atoms with Crippen LogP contribution in [0.25, 0.3) is 0 Å². The van der Waals surface area contributed by atoms with Crippen LogP contribution in [0.15, 0.2) is 0 Å². The van der Waals surface area contributed by atoms with Crippen molar-refractivity contribution in [2.75, 3.05) is 13.2 Å². The van der Waals surface area contributed by atoms with Crippen LogP contribution >= 0.6 is 0 Å². The van der Waals surface area contributed by atoms with Gasteiger partial charge in [-0.25, -0.2) is 0 Å². The molecule has 1 saturated heterocycles. The monoisotopic (exact) mass is 239 g/mol. The van der Waals surface area contributed by atoms with Gasteiger partial charge < -0.3 is 10.1 Å². The molecule has 0 aromatic rings. The van der Waals surface area contributed by atoms with E-state index in [0.717, 1.165) is 18.4 Å². The van der Waals surface area contributed by atoms with E-state index in [4.69, 9.17) is 4.74 Å². The lowest BCUT2D eigenvalue weighted by Crippen LogP contribution is -2.33. The average Bonchev–Trinajstić information content (AvgIpc) is 2.96. The molecule has 2 rings (SSSR count). The quantitative estimate of drug-likeness (QED) is 0.767. The van der Waals surface area contributed by atoms with Crippen molar-refractivity contribution >= 4 is 0 Å². The maximum atomic E-state index is 5.82. The zero-order valence-corrected chi connectivity index (χ0v) is 11.6. The van der Waals surface area contributed by atoms with E-state index in [1.165, 1.54) is 51.5 Å². The fourth-order valence-electron chi connectivity index (χ4n) is 3.43. The van der Waals surface area contributed by atoms with Crippen LogP contribution in [-0.2, 0) is 4.74 Å². The number of ether oxygens (including phenoxy) is 1. The minimum Gasteiger partial charge on any atom is -0.378 e. The van der Waals surface area contributed by atoms with Crippen LogP contribution in [0, 0.1) is 11.8 Å². The van der Waals surface area contributed by atoms with Gasteiger partial charge in [0.15, 0.2) is 0 Å². The molecule has 0 aromatic heterocycles. The summed E-state index contributed by atoms with van der Waals surface area (Å²) in [6.45, 7) is 6.69. The van der Waals surface area contributed by atoms with Gasteiger partial charge in [-0.05, 0) is 37.6 Å². The first-order valence-electron chi connectivity index (χ1n) is 7.60. The molecule has 1 N–H and O–H groups in total. The molecule has 0 radical (unpaired) electrons. The summed E-state index contributed by atoms with van der Waals surface area (Å²) in [4.78, 5) is 0. The third-order valence-electron chi connectivity index (χ3n) is 4.44. The summed E-state index contributed by atoms with van der Waals surface area (Å²) in [6, 6.07) is 0.614. The Morgan fingerprint density at radius 2 is 1.88 bits per heavy atom. The Kier molecular flexibility index (Phi) is 5.30. The second kappa shape index (κ2) is 6.75. The van der Waals surface area contributed by atoms with Crippen LogP contribution < -0.4 is 5.32 Å². The van der Waals surface area contributed by atoms with Crippen LogP contribution in [0.4, 0.5) is 0 Å². The highest BCUT2D eigenvalue weighted by Gasteiger charge is 2.28. The van der Waals surface area contributed by atoms with Crippen LogP contribution in [0.2, 0.25) is 0 Å². The standard InChI is InChI=1S/C15H29NO/c1-12(2)16-11-14(13-6-3-4-7-13)10-15-8-5-9-17-15/h12-16H,3-11H2,1-2H3. The largest absolute Gasteiger partial charge is 0.378 e. The zero-order chi connectivity index (χ0) is 12.1. The molecule has 2 fully saturated rings. The molecule has 0 bridgehead atoms. The number of hydrogen-bond acceptors (Lipinski definition) is 2. The van der Waals surface area contributed by atoms with Crippen molar-refractivity contribution in [2.24, 2.45) is 11.8 Å². The van der Waals surface area contributed by atoms with Crippen molar-refractivity contribution in [2.45, 2.75) is 70.9 Å². The molecule has 1 aliphatic carbocycles. The molecule has 0 spiro atoms. The molecule has 0 amide bonds. The van der Waals surface area contributed by atoms with Gasteiger partial charge in [-0.3, -0.25) is 0 Å². The van der Waals surface area contributed by atoms with E-state index in [0.29, 0.717) is 12.1 Å². The third-order valence-corrected chi connectivity index (χ3v) is 4.44. The fraction of sp³-hybridized carbons (Fsp3) is 1.00. The summed E-state index contributed by atoms with van der Waals surface area (Å²) in [5.74, 6) is 1.81. The summed E-state index contributed by atoms with van der Waals surface area (Å²) in [5, 5.41) is 3.64. The minimum atomic E-state index is 0.564. The van der Waals surface area contributed by atoms with Gasteiger partial charge in [0.2, 0.25) is 0 Å². The Labute approximate surface area is 107 Å². The first kappa shape index (κ1) is 13.4. The van der Waals surface area contributed by atoms with E-state index in [9.17, 15) is 0 Å². The molecule has 1 aliphatic heterocycles. The first-order chi connectivity index (χ1) is 8.25. The van der Waals surface area contributed by atoms with Crippen molar-refractivity contribution in [3.63, 3.8) is 0 Å². The maximum Gasteiger partial charge on any atom is 0.0579 e. The van der Waals surface area contributed by atoms with Crippen molar-refractivity contribution in [3.05, 3.63) is 0 Å². The Morgan fingerprint density at radius 3 is 2.47 bits per heavy atom. The van der Waals surface area contributed by atoms with Gasteiger partial charge in [0, 0.05) is 12.6 Å². The van der Waals surface area contributed by atoms with E-state index in [1.807, 2.05) is 0 Å². The summed E-state index contributed by atoms with van der Waals surface area (Å²) in [5.41, 5.74) is 0. The molecule has 1 heterocycles. The van der Waals surface area contributed by atoms with Gasteiger partial charge in [-0.2, -0.15) is 0 Å². The minimum absolute atomic E-state index is 0.564. The van der Waals surface area contributed by atoms with Gasteiger partial charge in [-0.1, -0.05) is 39.5 Å². The van der Waals surface area contributed by atoms with Gasteiger partial charge in [0.1, 0.15) is 0 Å². The second-order valence-corrected chi connectivity index (χ2v) is 6.24. The summed E-state index contributed by atoms with van der Waals surface area (Å²) in [7, 11) is 0. The summed E-state index contributed by atoms with van der Waals surface area (Å²) in [6.07, 6.45) is 10.3. The summed E-state index contributed by atoms with van der Waals surface area (Å²) < 4.78 is 5.82. The van der Waals surface area contributed by atoms with Crippen molar-refractivity contribution < 1.29 is 4.74 Å². The molecular formula is C15H29NO. The molecule has 2 heteroatoms. The predicted octanol–water partition coefficient (Wildman–Crippen LogP) is 3.36. The number of rotatable bonds is 6. The van der Waals surface area contributed by atoms with E-state index in [1.54, 1.807) is 0 Å². The molecule has 2 aliphatic rings. The lowest BCUT2D eigenvalue weighted by atomic mass is 9.85. The van der Waals surface area contributed by atoms with E-state index < -0.39 is 0 Å². The third kappa shape index (κ3) is 4.26. The SMILES string of the molecule is CC(C)NCC(CC1CCCO1)C1CCCC1. The van der Waals surface area contributed by atoms with Crippen molar-refractivity contribution in [3.8, 4) is 0 Å². The van der Waals surface area contributed by atoms with Crippen molar-refractivity contribution in [1.82, 2.24) is 5.32 Å². The molecule has 0 aromatic carbocycles. The van der Waals surface area contributed by atoms with Gasteiger partial charge in [0.25, 0.3) is 0 Å². The second-order valence-electron chi connectivity index (χ2n) is 6.24.